The van der Waals surface area contributed by atoms with Crippen LogP contribution in [0.25, 0.3) is 10.2 Å². The zero-order chi connectivity index (χ0) is 18.2. The second-order valence-electron chi connectivity index (χ2n) is 8.35. The van der Waals surface area contributed by atoms with Crippen LogP contribution in [0, 0.1) is 11.8 Å². The van der Waals surface area contributed by atoms with Crippen molar-refractivity contribution in [3.8, 4) is 0 Å². The van der Waals surface area contributed by atoms with Crippen molar-refractivity contribution < 1.29 is 0 Å². The SMILES string of the molecule is CC1CCc2sc3ncnc(N4CCC(Cc5ccccc5)CC4)c3c2C1. The molecule has 1 atom stereocenters. The van der Waals surface area contributed by atoms with E-state index in [0.717, 1.165) is 24.9 Å². The third-order valence-corrected chi connectivity index (χ3v) is 7.55. The Bertz CT molecular complexity index is 925. The molecule has 1 aliphatic heterocycles. The largest absolute Gasteiger partial charge is 0.356 e. The van der Waals surface area contributed by atoms with Gasteiger partial charge in [-0.3, -0.25) is 0 Å². The molecule has 3 heterocycles. The lowest BCUT2D eigenvalue weighted by Gasteiger charge is -2.33. The van der Waals surface area contributed by atoms with E-state index in [2.05, 4.69) is 47.1 Å². The number of benzene rings is 1. The van der Waals surface area contributed by atoms with Crippen LogP contribution in [0.5, 0.6) is 0 Å². The van der Waals surface area contributed by atoms with Crippen molar-refractivity contribution in [3.05, 3.63) is 52.7 Å². The highest BCUT2D eigenvalue weighted by Crippen LogP contribution is 2.41. The Morgan fingerprint density at radius 1 is 1.07 bits per heavy atom. The Hall–Kier alpha value is -1.94. The minimum Gasteiger partial charge on any atom is -0.356 e. The maximum absolute atomic E-state index is 4.77. The molecule has 1 unspecified atom stereocenters. The lowest BCUT2D eigenvalue weighted by Crippen LogP contribution is -2.35. The fourth-order valence-corrected chi connectivity index (χ4v) is 5.98. The average Bonchev–Trinajstić information content (AvgIpc) is 3.07. The van der Waals surface area contributed by atoms with Gasteiger partial charge in [0.15, 0.2) is 0 Å². The molecular weight excluding hydrogens is 350 g/mol. The van der Waals surface area contributed by atoms with Crippen molar-refractivity contribution in [2.45, 2.75) is 45.4 Å². The third-order valence-electron chi connectivity index (χ3n) is 6.35. The fourth-order valence-electron chi connectivity index (χ4n) is 4.80. The summed E-state index contributed by atoms with van der Waals surface area (Å²) in [4.78, 5) is 14.7. The molecule has 0 amide bonds. The molecule has 1 aliphatic carbocycles. The van der Waals surface area contributed by atoms with E-state index in [1.54, 1.807) is 16.8 Å². The van der Waals surface area contributed by atoms with Crippen LogP contribution in [0.4, 0.5) is 5.82 Å². The standard InChI is InChI=1S/C23H27N3S/c1-16-7-8-20-19(13-16)21-22(24-15-25-23(21)27-20)26-11-9-18(10-12-26)14-17-5-3-2-4-6-17/h2-6,15-16,18H,7-14H2,1H3. The summed E-state index contributed by atoms with van der Waals surface area (Å²) in [6.07, 6.45) is 9.22. The first-order chi connectivity index (χ1) is 13.3. The monoisotopic (exact) mass is 377 g/mol. The lowest BCUT2D eigenvalue weighted by molar-refractivity contribution is 0.402. The summed E-state index contributed by atoms with van der Waals surface area (Å²) in [5.41, 5.74) is 3.03. The molecule has 4 heteroatoms. The van der Waals surface area contributed by atoms with Crippen LogP contribution in [0.2, 0.25) is 0 Å². The number of thiophene rings is 1. The van der Waals surface area contributed by atoms with Crippen LogP contribution in [0.3, 0.4) is 0 Å². The van der Waals surface area contributed by atoms with Gasteiger partial charge in [-0.05, 0) is 61.5 Å². The van der Waals surface area contributed by atoms with Crippen LogP contribution < -0.4 is 4.90 Å². The molecule has 1 saturated heterocycles. The van der Waals surface area contributed by atoms with Crippen molar-refractivity contribution in [2.24, 2.45) is 11.8 Å². The first kappa shape index (κ1) is 17.2. The number of rotatable bonds is 3. The molecule has 1 aromatic carbocycles. The summed E-state index contributed by atoms with van der Waals surface area (Å²) in [7, 11) is 0. The van der Waals surface area contributed by atoms with Crippen LogP contribution >= 0.6 is 11.3 Å². The quantitative estimate of drug-likeness (QED) is 0.622. The maximum Gasteiger partial charge on any atom is 0.141 e. The summed E-state index contributed by atoms with van der Waals surface area (Å²) in [5.74, 6) is 2.77. The molecule has 3 nitrogen and oxygen atoms in total. The summed E-state index contributed by atoms with van der Waals surface area (Å²) < 4.78 is 0. The number of piperidine rings is 1. The number of anilines is 1. The van der Waals surface area contributed by atoms with E-state index < -0.39 is 0 Å². The van der Waals surface area contributed by atoms with Gasteiger partial charge in [-0.1, -0.05) is 37.3 Å². The molecule has 0 spiro atoms. The molecule has 27 heavy (non-hydrogen) atoms. The van der Waals surface area contributed by atoms with Gasteiger partial charge in [0, 0.05) is 18.0 Å². The molecule has 0 saturated carbocycles. The van der Waals surface area contributed by atoms with Crippen molar-refractivity contribution in [1.29, 1.82) is 0 Å². The highest BCUT2D eigenvalue weighted by Gasteiger charge is 2.27. The zero-order valence-corrected chi connectivity index (χ0v) is 16.8. The summed E-state index contributed by atoms with van der Waals surface area (Å²) in [6, 6.07) is 10.9. The predicted octanol–water partition coefficient (Wildman–Crippen LogP) is 5.28. The summed E-state index contributed by atoms with van der Waals surface area (Å²) in [6.45, 7) is 4.61. The Balaban J connectivity index is 1.37. The van der Waals surface area contributed by atoms with E-state index in [0.29, 0.717) is 0 Å². The van der Waals surface area contributed by atoms with E-state index in [1.807, 2.05) is 11.3 Å². The molecule has 140 valence electrons. The van der Waals surface area contributed by atoms with E-state index >= 15 is 0 Å². The van der Waals surface area contributed by atoms with E-state index in [9.17, 15) is 0 Å². The third kappa shape index (κ3) is 3.36. The zero-order valence-electron chi connectivity index (χ0n) is 16.0. The maximum atomic E-state index is 4.77. The molecule has 0 radical (unpaired) electrons. The van der Waals surface area contributed by atoms with Crippen LogP contribution in [0.1, 0.15) is 42.2 Å². The fraction of sp³-hybridized carbons (Fsp3) is 0.478. The van der Waals surface area contributed by atoms with Gasteiger partial charge in [0.05, 0.1) is 5.39 Å². The molecule has 5 rings (SSSR count). The summed E-state index contributed by atoms with van der Waals surface area (Å²) >= 11 is 1.90. The van der Waals surface area contributed by atoms with Gasteiger partial charge in [0.2, 0.25) is 0 Å². The van der Waals surface area contributed by atoms with Gasteiger partial charge in [0.1, 0.15) is 17.0 Å². The second kappa shape index (κ2) is 7.23. The first-order valence-electron chi connectivity index (χ1n) is 10.3. The number of hydrogen-bond acceptors (Lipinski definition) is 4. The molecule has 1 fully saturated rings. The van der Waals surface area contributed by atoms with Gasteiger partial charge in [-0.15, -0.1) is 11.3 Å². The number of aryl methyl sites for hydroxylation is 1. The Morgan fingerprint density at radius 3 is 2.70 bits per heavy atom. The van der Waals surface area contributed by atoms with Crippen molar-refractivity contribution in [2.75, 3.05) is 18.0 Å². The molecular formula is C23H27N3S. The highest BCUT2D eigenvalue weighted by atomic mass is 32.1. The number of aromatic nitrogens is 2. The number of nitrogens with zero attached hydrogens (tertiary/aromatic N) is 3. The molecule has 0 bridgehead atoms. The Labute approximate surface area is 165 Å². The first-order valence-corrected chi connectivity index (χ1v) is 11.1. The van der Waals surface area contributed by atoms with Crippen molar-refractivity contribution in [3.63, 3.8) is 0 Å². The number of fused-ring (bicyclic) bond motifs is 3. The normalized spacial score (nSPS) is 20.8. The van der Waals surface area contributed by atoms with Crippen LogP contribution in [0.15, 0.2) is 36.7 Å². The minimum atomic E-state index is 0.778. The van der Waals surface area contributed by atoms with Crippen LogP contribution in [-0.4, -0.2) is 23.1 Å². The van der Waals surface area contributed by atoms with E-state index in [-0.39, 0.29) is 0 Å². The van der Waals surface area contributed by atoms with Gasteiger partial charge in [-0.2, -0.15) is 0 Å². The highest BCUT2D eigenvalue weighted by molar-refractivity contribution is 7.19. The molecule has 2 aromatic heterocycles. The van der Waals surface area contributed by atoms with E-state index in [4.69, 9.17) is 4.98 Å². The van der Waals surface area contributed by atoms with E-state index in [1.165, 1.54) is 60.1 Å². The Kier molecular flexibility index (Phi) is 4.60. The van der Waals surface area contributed by atoms with Gasteiger partial charge >= 0.3 is 0 Å². The molecule has 3 aromatic rings. The topological polar surface area (TPSA) is 29.0 Å². The van der Waals surface area contributed by atoms with Gasteiger partial charge < -0.3 is 4.90 Å². The predicted molar refractivity (Wildman–Crippen MR) is 114 cm³/mol. The van der Waals surface area contributed by atoms with Crippen LogP contribution in [-0.2, 0) is 19.3 Å². The molecule has 2 aliphatic rings. The van der Waals surface area contributed by atoms with Crippen molar-refractivity contribution in [1.82, 2.24) is 9.97 Å². The van der Waals surface area contributed by atoms with Crippen molar-refractivity contribution >= 4 is 27.4 Å². The summed E-state index contributed by atoms with van der Waals surface area (Å²) in [5, 5.41) is 1.37. The number of hydrogen-bond donors (Lipinski definition) is 0. The molecule has 0 N–H and O–H groups in total. The second-order valence-corrected chi connectivity index (χ2v) is 9.43. The lowest BCUT2D eigenvalue weighted by atomic mass is 9.88. The minimum absolute atomic E-state index is 0.778. The van der Waals surface area contributed by atoms with Gasteiger partial charge in [0.25, 0.3) is 0 Å². The smallest absolute Gasteiger partial charge is 0.141 e. The average molecular weight is 378 g/mol. The Morgan fingerprint density at radius 2 is 1.89 bits per heavy atom. The van der Waals surface area contributed by atoms with Gasteiger partial charge in [-0.25, -0.2) is 9.97 Å².